The molecular formula is C14H28BO4PS. The Labute approximate surface area is 135 Å². The van der Waals surface area contributed by atoms with Gasteiger partial charge in [0.2, 0.25) is 0 Å². The molecular weight excluding hydrogens is 306 g/mol. The lowest BCUT2D eigenvalue weighted by Crippen LogP contribution is -2.29. The van der Waals surface area contributed by atoms with Crippen LogP contribution in [0.3, 0.4) is 0 Å². The highest BCUT2D eigenvalue weighted by Crippen LogP contribution is 2.54. The van der Waals surface area contributed by atoms with Gasteiger partial charge in [0.25, 0.3) is 6.57 Å². The molecule has 0 fully saturated rings. The zero-order valence-electron chi connectivity index (χ0n) is 13.4. The summed E-state index contributed by atoms with van der Waals surface area (Å²) in [6, 6.07) is 0. The summed E-state index contributed by atoms with van der Waals surface area (Å²) in [4.78, 5) is 0. The van der Waals surface area contributed by atoms with Crippen molar-refractivity contribution in [1.82, 2.24) is 0 Å². The molecule has 0 aromatic carbocycles. The SMILES string of the molecule is BC1=C[C@@H](OP(=O)(S)CCCCC)C(COCCCC)O1. The first-order valence-corrected chi connectivity index (χ1v) is 10.9. The lowest BCUT2D eigenvalue weighted by Gasteiger charge is -2.22. The van der Waals surface area contributed by atoms with Gasteiger partial charge in [0.05, 0.1) is 6.61 Å². The van der Waals surface area contributed by atoms with Crippen molar-refractivity contribution in [2.24, 2.45) is 0 Å². The first-order chi connectivity index (χ1) is 9.98. The molecule has 4 nitrogen and oxygen atoms in total. The Morgan fingerprint density at radius 3 is 2.71 bits per heavy atom. The molecule has 0 saturated carbocycles. The molecule has 1 aliphatic heterocycles. The highest BCUT2D eigenvalue weighted by Gasteiger charge is 2.33. The largest absolute Gasteiger partial charge is 0.500 e. The average Bonchev–Trinajstić information content (AvgIpc) is 2.74. The highest BCUT2D eigenvalue weighted by atomic mass is 32.7. The Balaban J connectivity index is 2.43. The van der Waals surface area contributed by atoms with Gasteiger partial charge >= 0.3 is 0 Å². The van der Waals surface area contributed by atoms with E-state index in [4.69, 9.17) is 14.0 Å². The van der Waals surface area contributed by atoms with Crippen molar-refractivity contribution in [3.63, 3.8) is 0 Å². The van der Waals surface area contributed by atoms with Gasteiger partial charge in [-0.1, -0.05) is 45.4 Å². The van der Waals surface area contributed by atoms with Crippen LogP contribution in [0, 0.1) is 0 Å². The predicted molar refractivity (Wildman–Crippen MR) is 93.1 cm³/mol. The van der Waals surface area contributed by atoms with Gasteiger partial charge in [-0.2, -0.15) is 0 Å². The fourth-order valence-corrected chi connectivity index (χ4v) is 4.22. The van der Waals surface area contributed by atoms with Crippen LogP contribution in [0.25, 0.3) is 0 Å². The lowest BCUT2D eigenvalue weighted by molar-refractivity contribution is -0.00470. The van der Waals surface area contributed by atoms with Gasteiger partial charge in [-0.25, -0.2) is 0 Å². The lowest BCUT2D eigenvalue weighted by atomic mass is 10.1. The van der Waals surface area contributed by atoms with Crippen molar-refractivity contribution < 1.29 is 18.6 Å². The molecule has 0 aromatic rings. The molecule has 7 heteroatoms. The Morgan fingerprint density at radius 1 is 1.33 bits per heavy atom. The van der Waals surface area contributed by atoms with Crippen LogP contribution >= 0.6 is 18.8 Å². The Morgan fingerprint density at radius 2 is 2.05 bits per heavy atom. The second-order valence-corrected chi connectivity index (χ2v) is 9.26. The van der Waals surface area contributed by atoms with Gasteiger partial charge in [0.1, 0.15) is 6.10 Å². The first kappa shape index (κ1) is 19.2. The number of hydrogen-bond acceptors (Lipinski definition) is 4. The van der Waals surface area contributed by atoms with E-state index in [2.05, 4.69) is 26.1 Å². The minimum Gasteiger partial charge on any atom is -0.500 e. The van der Waals surface area contributed by atoms with Gasteiger partial charge in [-0.05, 0) is 18.9 Å². The van der Waals surface area contributed by atoms with Crippen molar-refractivity contribution in [3.8, 4) is 0 Å². The molecule has 0 aromatic heterocycles. The fourth-order valence-electron chi connectivity index (χ4n) is 2.16. The quantitative estimate of drug-likeness (QED) is 0.272. The topological polar surface area (TPSA) is 44.8 Å². The summed E-state index contributed by atoms with van der Waals surface area (Å²) in [5, 5.41) is 0. The maximum atomic E-state index is 12.4. The number of ether oxygens (including phenoxy) is 2. The van der Waals surface area contributed by atoms with E-state index in [-0.39, 0.29) is 12.2 Å². The number of hydrogen-bond donors (Lipinski definition) is 1. The van der Waals surface area contributed by atoms with Gasteiger partial charge in [-0.15, -0.1) is 0 Å². The van der Waals surface area contributed by atoms with Crippen LogP contribution in [0.2, 0.25) is 0 Å². The second kappa shape index (κ2) is 9.99. The zero-order chi connectivity index (χ0) is 15.7. The number of thiol groups is 1. The Hall–Kier alpha value is 0.105. The van der Waals surface area contributed by atoms with Crippen molar-refractivity contribution in [2.75, 3.05) is 19.4 Å². The van der Waals surface area contributed by atoms with Crippen LogP contribution in [0.15, 0.2) is 11.7 Å². The summed E-state index contributed by atoms with van der Waals surface area (Å²) in [6.45, 7) is 2.55. The average molecular weight is 334 g/mol. The molecule has 0 spiro atoms. The molecule has 1 aliphatic rings. The highest BCUT2D eigenvalue weighted by molar-refractivity contribution is 8.46. The summed E-state index contributed by atoms with van der Waals surface area (Å²) >= 11 is 4.24. The van der Waals surface area contributed by atoms with Gasteiger partial charge in [0, 0.05) is 18.4 Å². The van der Waals surface area contributed by atoms with E-state index in [1.807, 2.05) is 13.9 Å². The predicted octanol–water partition coefficient (Wildman–Crippen LogP) is 3.37. The van der Waals surface area contributed by atoms with Gasteiger partial charge < -0.3 is 14.0 Å². The first-order valence-electron chi connectivity index (χ1n) is 7.91. The van der Waals surface area contributed by atoms with Crippen LogP contribution in [-0.2, 0) is 18.6 Å². The van der Waals surface area contributed by atoms with Crippen LogP contribution < -0.4 is 0 Å². The molecule has 1 heterocycles. The summed E-state index contributed by atoms with van der Waals surface area (Å²) < 4.78 is 29.4. The molecule has 0 aliphatic carbocycles. The molecule has 0 bridgehead atoms. The molecule has 0 saturated heterocycles. The normalized spacial score (nSPS) is 24.4. The van der Waals surface area contributed by atoms with Crippen LogP contribution in [0.1, 0.15) is 46.0 Å². The van der Waals surface area contributed by atoms with Crippen molar-refractivity contribution >= 4 is 26.7 Å². The van der Waals surface area contributed by atoms with Crippen LogP contribution in [-0.4, -0.2) is 39.4 Å². The van der Waals surface area contributed by atoms with E-state index >= 15 is 0 Å². The molecule has 0 N–H and O–H groups in total. The molecule has 0 radical (unpaired) electrons. The third-order valence-corrected chi connectivity index (χ3v) is 5.69. The van der Waals surface area contributed by atoms with E-state index < -0.39 is 6.57 Å². The smallest absolute Gasteiger partial charge is 0.255 e. The van der Waals surface area contributed by atoms with E-state index in [0.29, 0.717) is 12.8 Å². The Bertz CT molecular complexity index is 378. The molecule has 3 atom stereocenters. The summed E-state index contributed by atoms with van der Waals surface area (Å²) in [5.74, 6) is 0. The molecule has 1 rings (SSSR count). The molecule has 0 amide bonds. The maximum Gasteiger partial charge on any atom is 0.255 e. The fraction of sp³-hybridized carbons (Fsp3) is 0.857. The van der Waals surface area contributed by atoms with Gasteiger partial charge in [0.15, 0.2) is 14.0 Å². The van der Waals surface area contributed by atoms with E-state index in [1.165, 1.54) is 0 Å². The minimum absolute atomic E-state index is 0.214. The third-order valence-electron chi connectivity index (χ3n) is 3.36. The Kier molecular flexibility index (Phi) is 9.11. The van der Waals surface area contributed by atoms with E-state index in [1.54, 1.807) is 0 Å². The summed E-state index contributed by atoms with van der Waals surface area (Å²) in [6.07, 6.45) is 7.00. The van der Waals surface area contributed by atoms with Crippen molar-refractivity contribution in [3.05, 3.63) is 11.7 Å². The summed E-state index contributed by atoms with van der Waals surface area (Å²) in [5.41, 5.74) is 0.797. The zero-order valence-corrected chi connectivity index (χ0v) is 15.2. The summed E-state index contributed by atoms with van der Waals surface area (Å²) in [7, 11) is 1.88. The number of rotatable bonds is 11. The van der Waals surface area contributed by atoms with Crippen molar-refractivity contribution in [2.45, 2.75) is 58.2 Å². The molecule has 21 heavy (non-hydrogen) atoms. The standard InChI is InChI=1S/C14H28BO4PS/c1-3-5-7-9-20(16,21)19-12-10-14(15)18-13(12)11-17-8-6-4-2/h10,12-13H,3-9,11,15H2,1-2H3,(H,16,21)/t12-,13?,20?/m1/s1. The van der Waals surface area contributed by atoms with Crippen LogP contribution in [0.5, 0.6) is 0 Å². The van der Waals surface area contributed by atoms with Crippen molar-refractivity contribution in [1.29, 1.82) is 0 Å². The monoisotopic (exact) mass is 334 g/mol. The minimum atomic E-state index is -2.87. The third kappa shape index (κ3) is 7.78. The second-order valence-electron chi connectivity index (χ2n) is 5.50. The van der Waals surface area contributed by atoms with E-state index in [9.17, 15) is 4.57 Å². The van der Waals surface area contributed by atoms with E-state index in [0.717, 1.165) is 44.4 Å². The molecule has 122 valence electrons. The van der Waals surface area contributed by atoms with Crippen LogP contribution in [0.4, 0.5) is 0 Å². The van der Waals surface area contributed by atoms with Gasteiger partial charge in [-0.3, -0.25) is 4.57 Å². The molecule has 2 unspecified atom stereocenters. The number of unbranched alkanes of at least 4 members (excludes halogenated alkanes) is 3. The maximum absolute atomic E-state index is 12.4.